The summed E-state index contributed by atoms with van der Waals surface area (Å²) in [6.07, 6.45) is 7.33. The van der Waals surface area contributed by atoms with Crippen molar-refractivity contribution in [3.63, 3.8) is 0 Å². The largest absolute Gasteiger partial charge is 0.493 e. The van der Waals surface area contributed by atoms with E-state index in [4.69, 9.17) is 9.47 Å². The van der Waals surface area contributed by atoms with Gasteiger partial charge < -0.3 is 14.8 Å². The number of carbonyl (C=O) groups is 1. The van der Waals surface area contributed by atoms with Crippen molar-refractivity contribution in [2.75, 3.05) is 19.5 Å². The van der Waals surface area contributed by atoms with Crippen LogP contribution in [0.1, 0.15) is 17.5 Å². The third kappa shape index (κ3) is 4.10. The summed E-state index contributed by atoms with van der Waals surface area (Å²) in [5.74, 6) is 1.32. The molecule has 0 aromatic heterocycles. The first-order chi connectivity index (χ1) is 12.2. The van der Waals surface area contributed by atoms with Gasteiger partial charge in [-0.1, -0.05) is 30.4 Å². The van der Waals surface area contributed by atoms with E-state index in [2.05, 4.69) is 11.4 Å². The van der Waals surface area contributed by atoms with E-state index >= 15 is 0 Å². The predicted octanol–water partition coefficient (Wildman–Crippen LogP) is 4.23. The van der Waals surface area contributed by atoms with Crippen LogP contribution in [0.2, 0.25) is 0 Å². The van der Waals surface area contributed by atoms with E-state index in [0.29, 0.717) is 5.75 Å². The van der Waals surface area contributed by atoms with Crippen molar-refractivity contribution >= 4 is 17.7 Å². The molecule has 1 aliphatic rings. The molecule has 3 rings (SSSR count). The molecule has 0 fully saturated rings. The van der Waals surface area contributed by atoms with Crippen molar-refractivity contribution in [1.82, 2.24) is 0 Å². The molecule has 0 unspecified atom stereocenters. The fourth-order valence-electron chi connectivity index (χ4n) is 2.86. The Morgan fingerprint density at radius 1 is 1.04 bits per heavy atom. The highest BCUT2D eigenvalue weighted by molar-refractivity contribution is 5.99. The maximum Gasteiger partial charge on any atom is 0.248 e. The van der Waals surface area contributed by atoms with E-state index in [0.717, 1.165) is 35.4 Å². The topological polar surface area (TPSA) is 47.6 Å². The summed E-state index contributed by atoms with van der Waals surface area (Å²) in [7, 11) is 3.27. The average molecular weight is 335 g/mol. The summed E-state index contributed by atoms with van der Waals surface area (Å²) in [5.41, 5.74) is 4.23. The minimum atomic E-state index is -0.134. The Balaban J connectivity index is 1.74. The SMILES string of the molecule is COc1cc2c(cc1OC)CCC(/C=C/C(=O)Nc1ccccc1)=C2. The molecule has 0 aliphatic heterocycles. The van der Waals surface area contributed by atoms with Gasteiger partial charge in [-0.3, -0.25) is 4.79 Å². The van der Waals surface area contributed by atoms with Crippen LogP contribution >= 0.6 is 0 Å². The second-order valence-corrected chi connectivity index (χ2v) is 5.81. The predicted molar refractivity (Wildman–Crippen MR) is 100 cm³/mol. The fraction of sp³-hybridized carbons (Fsp3) is 0.190. The van der Waals surface area contributed by atoms with Crippen LogP contribution in [0.3, 0.4) is 0 Å². The van der Waals surface area contributed by atoms with E-state index in [1.165, 1.54) is 5.56 Å². The number of hydrogen-bond donors (Lipinski definition) is 1. The standard InChI is InChI=1S/C21H21NO3/c1-24-19-13-16-10-8-15(12-17(16)14-20(19)25-2)9-11-21(23)22-18-6-4-3-5-7-18/h3-7,9,11-14H,8,10H2,1-2H3,(H,22,23)/b11-9+. The van der Waals surface area contributed by atoms with E-state index in [1.807, 2.05) is 48.5 Å². The maximum absolute atomic E-state index is 12.0. The number of aryl methyl sites for hydroxylation is 1. The smallest absolute Gasteiger partial charge is 0.248 e. The van der Waals surface area contributed by atoms with Gasteiger partial charge in [0.2, 0.25) is 5.91 Å². The van der Waals surface area contributed by atoms with Crippen LogP contribution in [-0.2, 0) is 11.2 Å². The van der Waals surface area contributed by atoms with Crippen molar-refractivity contribution < 1.29 is 14.3 Å². The monoisotopic (exact) mass is 335 g/mol. The number of ether oxygens (including phenoxy) is 2. The van der Waals surface area contributed by atoms with Crippen LogP contribution in [0.15, 0.2) is 60.2 Å². The van der Waals surface area contributed by atoms with Gasteiger partial charge in [0.25, 0.3) is 0 Å². The summed E-state index contributed by atoms with van der Waals surface area (Å²) in [6, 6.07) is 13.4. The molecule has 2 aromatic carbocycles. The van der Waals surface area contributed by atoms with Crippen molar-refractivity contribution in [3.8, 4) is 11.5 Å². The lowest BCUT2D eigenvalue weighted by Crippen LogP contribution is -2.08. The molecule has 25 heavy (non-hydrogen) atoms. The molecule has 1 N–H and O–H groups in total. The Kier molecular flexibility index (Phi) is 5.19. The second-order valence-electron chi connectivity index (χ2n) is 5.81. The number of amides is 1. The Bertz CT molecular complexity index is 823. The van der Waals surface area contributed by atoms with Gasteiger partial charge in [-0.05, 0) is 53.8 Å². The molecular weight excluding hydrogens is 314 g/mol. The zero-order valence-corrected chi connectivity index (χ0v) is 14.4. The van der Waals surface area contributed by atoms with Gasteiger partial charge in [0, 0.05) is 11.8 Å². The number of benzene rings is 2. The minimum absolute atomic E-state index is 0.134. The first kappa shape index (κ1) is 16.8. The lowest BCUT2D eigenvalue weighted by Gasteiger charge is -2.17. The van der Waals surface area contributed by atoms with Crippen LogP contribution < -0.4 is 14.8 Å². The molecule has 0 atom stereocenters. The molecular formula is C21H21NO3. The fourth-order valence-corrected chi connectivity index (χ4v) is 2.86. The summed E-state index contributed by atoms with van der Waals surface area (Å²) in [6.45, 7) is 0. The van der Waals surface area contributed by atoms with E-state index in [-0.39, 0.29) is 5.91 Å². The Morgan fingerprint density at radius 2 is 1.76 bits per heavy atom. The molecule has 128 valence electrons. The molecule has 1 aliphatic carbocycles. The second kappa shape index (κ2) is 7.71. The number of carbonyl (C=O) groups excluding carboxylic acids is 1. The first-order valence-electron chi connectivity index (χ1n) is 8.19. The molecule has 0 saturated carbocycles. The number of anilines is 1. The summed E-state index contributed by atoms with van der Waals surface area (Å²) in [5, 5.41) is 2.84. The van der Waals surface area contributed by atoms with Gasteiger partial charge in [0.15, 0.2) is 11.5 Å². The molecule has 2 aromatic rings. The third-order valence-corrected chi connectivity index (χ3v) is 4.16. The van der Waals surface area contributed by atoms with Crippen LogP contribution in [0, 0.1) is 0 Å². The Labute approximate surface area is 147 Å². The van der Waals surface area contributed by atoms with Crippen LogP contribution in [0.25, 0.3) is 6.08 Å². The van der Waals surface area contributed by atoms with E-state index in [1.54, 1.807) is 20.3 Å². The van der Waals surface area contributed by atoms with Gasteiger partial charge >= 0.3 is 0 Å². The number of allylic oxidation sites excluding steroid dienone is 2. The van der Waals surface area contributed by atoms with Crippen molar-refractivity contribution in [2.45, 2.75) is 12.8 Å². The average Bonchev–Trinajstić information content (AvgIpc) is 2.65. The molecule has 0 saturated heterocycles. The zero-order valence-electron chi connectivity index (χ0n) is 14.4. The summed E-state index contributed by atoms with van der Waals surface area (Å²) < 4.78 is 10.7. The number of fused-ring (bicyclic) bond motifs is 1. The lowest BCUT2D eigenvalue weighted by atomic mass is 9.91. The third-order valence-electron chi connectivity index (χ3n) is 4.16. The molecule has 1 amide bonds. The van der Waals surface area contributed by atoms with Crippen molar-refractivity contribution in [3.05, 3.63) is 71.3 Å². The van der Waals surface area contributed by atoms with E-state index in [9.17, 15) is 4.79 Å². The van der Waals surface area contributed by atoms with Crippen molar-refractivity contribution in [1.29, 1.82) is 0 Å². The van der Waals surface area contributed by atoms with Crippen LogP contribution in [0.5, 0.6) is 11.5 Å². The number of hydrogen-bond acceptors (Lipinski definition) is 3. The Morgan fingerprint density at radius 3 is 2.48 bits per heavy atom. The first-order valence-corrected chi connectivity index (χ1v) is 8.19. The maximum atomic E-state index is 12.0. The van der Waals surface area contributed by atoms with Crippen molar-refractivity contribution in [2.24, 2.45) is 0 Å². The van der Waals surface area contributed by atoms with Crippen LogP contribution in [0.4, 0.5) is 5.69 Å². The van der Waals surface area contributed by atoms with Gasteiger partial charge in [-0.2, -0.15) is 0 Å². The van der Waals surface area contributed by atoms with Gasteiger partial charge in [0.05, 0.1) is 14.2 Å². The number of para-hydroxylation sites is 1. The quantitative estimate of drug-likeness (QED) is 0.832. The van der Waals surface area contributed by atoms with E-state index < -0.39 is 0 Å². The van der Waals surface area contributed by atoms with Gasteiger partial charge in [-0.15, -0.1) is 0 Å². The summed E-state index contributed by atoms with van der Waals surface area (Å²) in [4.78, 5) is 12.0. The van der Waals surface area contributed by atoms with Gasteiger partial charge in [-0.25, -0.2) is 0 Å². The number of methoxy groups -OCH3 is 2. The highest BCUT2D eigenvalue weighted by atomic mass is 16.5. The lowest BCUT2D eigenvalue weighted by molar-refractivity contribution is -0.111. The number of nitrogens with one attached hydrogen (secondary N) is 1. The minimum Gasteiger partial charge on any atom is -0.493 e. The molecule has 4 heteroatoms. The molecule has 0 radical (unpaired) electrons. The van der Waals surface area contributed by atoms with Crippen LogP contribution in [-0.4, -0.2) is 20.1 Å². The highest BCUT2D eigenvalue weighted by Crippen LogP contribution is 2.35. The molecule has 0 spiro atoms. The van der Waals surface area contributed by atoms with Gasteiger partial charge in [0.1, 0.15) is 0 Å². The normalized spacial score (nSPS) is 13.1. The Hall–Kier alpha value is -3.01. The molecule has 4 nitrogen and oxygen atoms in total. The highest BCUT2D eigenvalue weighted by Gasteiger charge is 2.14. The zero-order chi connectivity index (χ0) is 17.6. The molecule has 0 bridgehead atoms. The molecule has 0 heterocycles. The summed E-state index contributed by atoms with van der Waals surface area (Å²) >= 11 is 0. The number of rotatable bonds is 5.